The summed E-state index contributed by atoms with van der Waals surface area (Å²) in [7, 11) is 0. The Bertz CT molecular complexity index is 837. The number of halogens is 2. The summed E-state index contributed by atoms with van der Waals surface area (Å²) in [5.74, 6) is -0.510. The molecule has 2 aromatic carbocycles. The molecule has 0 radical (unpaired) electrons. The Balaban J connectivity index is 1.60. The van der Waals surface area contributed by atoms with Crippen molar-refractivity contribution in [2.45, 2.75) is 32.6 Å². The van der Waals surface area contributed by atoms with E-state index in [-0.39, 0.29) is 18.4 Å². The minimum absolute atomic E-state index is 0.0966. The fourth-order valence-electron chi connectivity index (χ4n) is 3.43. The number of benzene rings is 2. The average Bonchev–Trinajstić information content (AvgIpc) is 3.25. The highest BCUT2D eigenvalue weighted by Crippen LogP contribution is 2.54. The lowest BCUT2D eigenvalue weighted by molar-refractivity contribution is -0.123. The van der Waals surface area contributed by atoms with Crippen molar-refractivity contribution >= 4 is 5.91 Å². The van der Waals surface area contributed by atoms with Gasteiger partial charge in [-0.1, -0.05) is 25.1 Å². The Morgan fingerprint density at radius 1 is 1.27 bits per heavy atom. The Morgan fingerprint density at radius 2 is 2.00 bits per heavy atom. The van der Waals surface area contributed by atoms with Crippen LogP contribution in [0.3, 0.4) is 0 Å². The first-order valence-electron chi connectivity index (χ1n) is 8.75. The van der Waals surface area contributed by atoms with Gasteiger partial charge in [0.15, 0.2) is 6.61 Å². The van der Waals surface area contributed by atoms with Gasteiger partial charge in [-0.15, -0.1) is 0 Å². The molecular weight excluding hydrogens is 336 g/mol. The number of rotatable bonds is 6. The maximum absolute atomic E-state index is 14.2. The van der Waals surface area contributed by atoms with Crippen LogP contribution in [0.5, 0.6) is 5.75 Å². The number of nitrogens with one attached hydrogen (secondary N) is 1. The first-order chi connectivity index (χ1) is 12.3. The van der Waals surface area contributed by atoms with Gasteiger partial charge in [-0.2, -0.15) is 0 Å². The molecule has 1 N–H and O–H groups in total. The number of hydrogen-bond donors (Lipinski definition) is 1. The second-order valence-corrected chi connectivity index (χ2v) is 7.15. The Morgan fingerprint density at radius 3 is 2.65 bits per heavy atom. The monoisotopic (exact) mass is 359 g/mol. The van der Waals surface area contributed by atoms with E-state index in [0.717, 1.165) is 23.6 Å². The predicted octanol–water partition coefficient (Wildman–Crippen LogP) is 4.05. The molecule has 2 unspecified atom stereocenters. The molecule has 1 fully saturated rings. The van der Waals surface area contributed by atoms with Gasteiger partial charge in [0.1, 0.15) is 17.4 Å². The third-order valence-corrected chi connectivity index (χ3v) is 5.44. The normalized spacial score (nSPS) is 21.3. The van der Waals surface area contributed by atoms with Gasteiger partial charge < -0.3 is 10.1 Å². The van der Waals surface area contributed by atoms with Crippen LogP contribution in [-0.2, 0) is 10.2 Å². The zero-order chi connectivity index (χ0) is 18.9. The molecule has 3 rings (SSSR count). The van der Waals surface area contributed by atoms with E-state index in [2.05, 4.69) is 5.32 Å². The van der Waals surface area contributed by atoms with Crippen LogP contribution < -0.4 is 10.1 Å². The summed E-state index contributed by atoms with van der Waals surface area (Å²) in [6, 6.07) is 9.33. The van der Waals surface area contributed by atoms with Crippen LogP contribution in [0.25, 0.3) is 0 Å². The fraction of sp³-hybridized carbons (Fsp3) is 0.381. The summed E-state index contributed by atoms with van der Waals surface area (Å²) >= 11 is 0. The topological polar surface area (TPSA) is 38.3 Å². The largest absolute Gasteiger partial charge is 0.483 e. The summed E-state index contributed by atoms with van der Waals surface area (Å²) in [6.45, 7) is 6.15. The summed E-state index contributed by atoms with van der Waals surface area (Å²) in [6.07, 6.45) is 0.758. The lowest BCUT2D eigenvalue weighted by Gasteiger charge is -2.19. The molecule has 26 heavy (non-hydrogen) atoms. The molecule has 2 atom stereocenters. The molecule has 0 bridgehead atoms. The van der Waals surface area contributed by atoms with Crippen LogP contribution >= 0.6 is 0 Å². The molecule has 0 aliphatic heterocycles. The van der Waals surface area contributed by atoms with Gasteiger partial charge in [-0.05, 0) is 55.0 Å². The first kappa shape index (κ1) is 18.4. The van der Waals surface area contributed by atoms with Crippen LogP contribution in [0.1, 0.15) is 30.0 Å². The van der Waals surface area contributed by atoms with Crippen molar-refractivity contribution in [1.82, 2.24) is 5.32 Å². The molecule has 1 aliphatic rings. The lowest BCUT2D eigenvalue weighted by atomic mass is 9.92. The van der Waals surface area contributed by atoms with Gasteiger partial charge in [0.05, 0.1) is 0 Å². The van der Waals surface area contributed by atoms with Crippen molar-refractivity contribution in [2.24, 2.45) is 5.92 Å². The van der Waals surface area contributed by atoms with Gasteiger partial charge in [-0.25, -0.2) is 8.78 Å². The number of aryl methyl sites for hydroxylation is 1. The van der Waals surface area contributed by atoms with Crippen molar-refractivity contribution < 1.29 is 18.3 Å². The molecule has 0 heterocycles. The molecule has 2 aromatic rings. The molecule has 5 heteroatoms. The third kappa shape index (κ3) is 3.57. The van der Waals surface area contributed by atoms with Gasteiger partial charge in [0, 0.05) is 18.0 Å². The maximum Gasteiger partial charge on any atom is 0.257 e. The van der Waals surface area contributed by atoms with Gasteiger partial charge in [-0.3, -0.25) is 4.79 Å². The molecule has 1 saturated carbocycles. The standard InChI is InChI=1S/C21H23F2NO2/c1-13-5-4-6-19(15(13)3)26-11-20(25)24-12-21(10-14(21)2)17-8-7-16(22)9-18(17)23/h4-9,14H,10-12H2,1-3H3,(H,24,25). The van der Waals surface area contributed by atoms with Crippen molar-refractivity contribution in [3.8, 4) is 5.75 Å². The average molecular weight is 359 g/mol. The first-order valence-corrected chi connectivity index (χ1v) is 8.75. The van der Waals surface area contributed by atoms with Gasteiger partial charge in [0.2, 0.25) is 0 Å². The summed E-state index contributed by atoms with van der Waals surface area (Å²) in [5.41, 5.74) is 2.09. The van der Waals surface area contributed by atoms with Crippen molar-refractivity contribution in [2.75, 3.05) is 13.2 Å². The van der Waals surface area contributed by atoms with Gasteiger partial charge in [0.25, 0.3) is 5.91 Å². The molecule has 1 aliphatic carbocycles. The summed E-state index contributed by atoms with van der Waals surface area (Å²) in [5, 5.41) is 2.84. The van der Waals surface area contributed by atoms with E-state index < -0.39 is 17.0 Å². The highest BCUT2D eigenvalue weighted by atomic mass is 19.1. The van der Waals surface area contributed by atoms with E-state index in [0.29, 0.717) is 17.9 Å². The summed E-state index contributed by atoms with van der Waals surface area (Å²) in [4.78, 5) is 12.2. The van der Waals surface area contributed by atoms with Crippen molar-refractivity contribution in [3.05, 3.63) is 64.7 Å². The molecule has 3 nitrogen and oxygen atoms in total. The number of amides is 1. The van der Waals surface area contributed by atoms with Crippen LogP contribution in [0.2, 0.25) is 0 Å². The fourth-order valence-corrected chi connectivity index (χ4v) is 3.43. The van der Waals surface area contributed by atoms with E-state index in [4.69, 9.17) is 4.74 Å². The zero-order valence-corrected chi connectivity index (χ0v) is 15.2. The molecule has 138 valence electrons. The minimum atomic E-state index is -0.597. The molecule has 1 amide bonds. The number of carbonyl (C=O) groups excluding carboxylic acids is 1. The van der Waals surface area contributed by atoms with Crippen LogP contribution in [0, 0.1) is 31.4 Å². The third-order valence-electron chi connectivity index (χ3n) is 5.44. The van der Waals surface area contributed by atoms with Crippen molar-refractivity contribution in [3.63, 3.8) is 0 Å². The molecular formula is C21H23F2NO2. The van der Waals surface area contributed by atoms with E-state index in [9.17, 15) is 13.6 Å². The highest BCUT2D eigenvalue weighted by molar-refractivity contribution is 5.77. The summed E-state index contributed by atoms with van der Waals surface area (Å²) < 4.78 is 32.9. The smallest absolute Gasteiger partial charge is 0.257 e. The number of hydrogen-bond acceptors (Lipinski definition) is 2. The second kappa shape index (κ2) is 7.06. The van der Waals surface area contributed by atoms with E-state index in [1.165, 1.54) is 12.1 Å². The van der Waals surface area contributed by atoms with E-state index >= 15 is 0 Å². The Hall–Kier alpha value is -2.43. The molecule has 0 aromatic heterocycles. The lowest BCUT2D eigenvalue weighted by Crippen LogP contribution is -2.36. The maximum atomic E-state index is 14.2. The SMILES string of the molecule is Cc1cccc(OCC(=O)NCC2(c3ccc(F)cc3F)CC2C)c1C. The zero-order valence-electron chi connectivity index (χ0n) is 15.2. The van der Waals surface area contributed by atoms with Gasteiger partial charge >= 0.3 is 0 Å². The van der Waals surface area contributed by atoms with E-state index in [1.807, 2.05) is 39.0 Å². The molecule has 0 saturated heterocycles. The second-order valence-electron chi connectivity index (χ2n) is 7.15. The van der Waals surface area contributed by atoms with Crippen LogP contribution in [0.4, 0.5) is 8.78 Å². The van der Waals surface area contributed by atoms with Crippen LogP contribution in [0.15, 0.2) is 36.4 Å². The Kier molecular flexibility index (Phi) is 4.99. The highest BCUT2D eigenvalue weighted by Gasteiger charge is 2.53. The van der Waals surface area contributed by atoms with Crippen molar-refractivity contribution in [1.29, 1.82) is 0 Å². The van der Waals surface area contributed by atoms with Crippen LogP contribution in [-0.4, -0.2) is 19.1 Å². The Labute approximate surface area is 152 Å². The molecule has 0 spiro atoms. The quantitative estimate of drug-likeness (QED) is 0.845. The number of ether oxygens (including phenoxy) is 1. The predicted molar refractivity (Wildman–Crippen MR) is 96.2 cm³/mol. The number of carbonyl (C=O) groups is 1. The minimum Gasteiger partial charge on any atom is -0.483 e. The van der Waals surface area contributed by atoms with E-state index in [1.54, 1.807) is 0 Å².